The van der Waals surface area contributed by atoms with Crippen LogP contribution in [0, 0.1) is 11.7 Å². The zero-order valence-electron chi connectivity index (χ0n) is 12.4. The highest BCUT2D eigenvalue weighted by Gasteiger charge is 2.37. The molecule has 2 fully saturated rings. The molecule has 1 saturated carbocycles. The van der Waals surface area contributed by atoms with E-state index in [4.69, 9.17) is 17.3 Å². The molecule has 0 radical (unpaired) electrons. The predicted molar refractivity (Wildman–Crippen MR) is 84.9 cm³/mol. The average Bonchev–Trinajstić information content (AvgIpc) is 2.51. The maximum absolute atomic E-state index is 14.3. The lowest BCUT2D eigenvalue weighted by Crippen LogP contribution is -2.50. The van der Waals surface area contributed by atoms with Crippen LogP contribution in [-0.2, 0) is 0 Å². The summed E-state index contributed by atoms with van der Waals surface area (Å²) in [5.74, 6) is 0.531. The molecule has 1 aliphatic carbocycles. The molecule has 116 valence electrons. The summed E-state index contributed by atoms with van der Waals surface area (Å²) in [5.41, 5.74) is 6.62. The number of hydrogen-bond acceptors (Lipinski definition) is 2. The predicted octanol–water partition coefficient (Wildman–Crippen LogP) is 4.13. The second-order valence-electron chi connectivity index (χ2n) is 6.38. The van der Waals surface area contributed by atoms with Gasteiger partial charge >= 0.3 is 0 Å². The van der Waals surface area contributed by atoms with Crippen LogP contribution in [-0.4, -0.2) is 24.0 Å². The Balaban J connectivity index is 1.91. The van der Waals surface area contributed by atoms with Crippen molar-refractivity contribution < 1.29 is 4.39 Å². The van der Waals surface area contributed by atoms with Crippen LogP contribution in [0.15, 0.2) is 18.2 Å². The fraction of sp³-hybridized carbons (Fsp3) is 0.647. The van der Waals surface area contributed by atoms with E-state index in [1.165, 1.54) is 44.6 Å². The summed E-state index contributed by atoms with van der Waals surface area (Å²) < 4.78 is 14.3. The lowest BCUT2D eigenvalue weighted by molar-refractivity contribution is 0.0265. The summed E-state index contributed by atoms with van der Waals surface area (Å²) >= 11 is 6.28. The first-order valence-corrected chi connectivity index (χ1v) is 8.50. The van der Waals surface area contributed by atoms with E-state index in [9.17, 15) is 4.39 Å². The number of hydrogen-bond donors (Lipinski definition) is 1. The third-order valence-corrected chi connectivity index (χ3v) is 5.57. The quantitative estimate of drug-likeness (QED) is 0.909. The summed E-state index contributed by atoms with van der Waals surface area (Å²) in [6, 6.07) is 5.38. The molecule has 0 amide bonds. The largest absolute Gasteiger partial charge is 0.329 e. The van der Waals surface area contributed by atoms with Crippen molar-refractivity contribution in [2.75, 3.05) is 13.1 Å². The van der Waals surface area contributed by atoms with Crippen molar-refractivity contribution in [3.8, 4) is 0 Å². The molecule has 3 unspecified atom stereocenters. The van der Waals surface area contributed by atoms with Crippen molar-refractivity contribution in [1.82, 2.24) is 4.90 Å². The highest BCUT2D eigenvalue weighted by molar-refractivity contribution is 6.31. The number of likely N-dealkylation sites (tertiary alicyclic amines) is 1. The first-order valence-electron chi connectivity index (χ1n) is 8.12. The lowest BCUT2D eigenvalue weighted by atomic mass is 9.77. The molecule has 4 heteroatoms. The van der Waals surface area contributed by atoms with Gasteiger partial charge in [0.15, 0.2) is 0 Å². The minimum atomic E-state index is -0.226. The molecule has 1 heterocycles. The number of nitrogens with two attached hydrogens (primary N) is 1. The fourth-order valence-corrected chi connectivity index (χ4v) is 4.59. The SMILES string of the molecule is NCC(c1c(F)cccc1Cl)N1CCCC2CCCCC21. The van der Waals surface area contributed by atoms with Crippen molar-refractivity contribution >= 4 is 11.6 Å². The Morgan fingerprint density at radius 2 is 2.00 bits per heavy atom. The molecule has 1 saturated heterocycles. The molecule has 2 aliphatic rings. The molecule has 3 rings (SSSR count). The molecule has 2 nitrogen and oxygen atoms in total. The Labute approximate surface area is 131 Å². The number of rotatable bonds is 3. The molecule has 0 aromatic heterocycles. The molecule has 3 atom stereocenters. The number of piperidine rings is 1. The Morgan fingerprint density at radius 3 is 2.76 bits per heavy atom. The van der Waals surface area contributed by atoms with Crippen LogP contribution in [0.4, 0.5) is 4.39 Å². The van der Waals surface area contributed by atoms with Gasteiger partial charge in [-0.3, -0.25) is 4.90 Å². The van der Waals surface area contributed by atoms with Crippen molar-refractivity contribution in [2.24, 2.45) is 11.7 Å². The molecular weight excluding hydrogens is 287 g/mol. The summed E-state index contributed by atoms with van der Waals surface area (Å²) in [6.45, 7) is 1.43. The average molecular weight is 311 g/mol. The highest BCUT2D eigenvalue weighted by Crippen LogP contribution is 2.40. The normalized spacial score (nSPS) is 28.1. The van der Waals surface area contributed by atoms with Crippen molar-refractivity contribution in [1.29, 1.82) is 0 Å². The van der Waals surface area contributed by atoms with Gasteiger partial charge in [0.2, 0.25) is 0 Å². The van der Waals surface area contributed by atoms with Crippen LogP contribution in [0.25, 0.3) is 0 Å². The van der Waals surface area contributed by atoms with Gasteiger partial charge in [-0.15, -0.1) is 0 Å². The van der Waals surface area contributed by atoms with E-state index in [2.05, 4.69) is 4.90 Å². The molecule has 21 heavy (non-hydrogen) atoms. The molecule has 1 aromatic carbocycles. The van der Waals surface area contributed by atoms with Crippen LogP contribution in [0.2, 0.25) is 5.02 Å². The molecular formula is C17H24ClFN2. The Kier molecular flexibility index (Phi) is 4.82. The van der Waals surface area contributed by atoms with Crippen molar-refractivity contribution in [3.05, 3.63) is 34.6 Å². The Morgan fingerprint density at radius 1 is 1.24 bits per heavy atom. The first kappa shape index (κ1) is 15.3. The maximum Gasteiger partial charge on any atom is 0.129 e. The Hall–Kier alpha value is -0.640. The standard InChI is InChI=1S/C17H24ClFN2/c18-13-7-3-8-14(19)17(13)16(11-20)21-10-4-6-12-5-1-2-9-15(12)21/h3,7-8,12,15-16H,1-2,4-6,9-11,20H2. The molecule has 0 spiro atoms. The summed E-state index contributed by atoms with van der Waals surface area (Å²) in [6.07, 6.45) is 7.63. The van der Waals surface area contributed by atoms with Crippen molar-refractivity contribution in [2.45, 2.75) is 50.6 Å². The summed E-state index contributed by atoms with van der Waals surface area (Å²) in [7, 11) is 0. The topological polar surface area (TPSA) is 29.3 Å². The van der Waals surface area contributed by atoms with Gasteiger partial charge in [0, 0.05) is 23.2 Å². The van der Waals surface area contributed by atoms with Gasteiger partial charge < -0.3 is 5.73 Å². The van der Waals surface area contributed by atoms with E-state index in [0.29, 0.717) is 23.2 Å². The van der Waals surface area contributed by atoms with Crippen LogP contribution < -0.4 is 5.73 Å². The number of halogens is 2. The smallest absolute Gasteiger partial charge is 0.129 e. The van der Waals surface area contributed by atoms with Gasteiger partial charge in [-0.25, -0.2) is 4.39 Å². The second-order valence-corrected chi connectivity index (χ2v) is 6.79. The van der Waals surface area contributed by atoms with Gasteiger partial charge in [-0.2, -0.15) is 0 Å². The Bertz CT molecular complexity index is 471. The highest BCUT2D eigenvalue weighted by atomic mass is 35.5. The molecule has 1 aromatic rings. The molecule has 1 aliphatic heterocycles. The van der Waals surface area contributed by atoms with E-state index in [0.717, 1.165) is 12.5 Å². The second kappa shape index (κ2) is 6.64. The summed E-state index contributed by atoms with van der Waals surface area (Å²) in [5, 5.41) is 0.503. The molecule has 2 N–H and O–H groups in total. The zero-order chi connectivity index (χ0) is 14.8. The monoisotopic (exact) mass is 310 g/mol. The van der Waals surface area contributed by atoms with E-state index in [1.807, 2.05) is 0 Å². The van der Waals surface area contributed by atoms with Gasteiger partial charge in [0.05, 0.1) is 6.04 Å². The van der Waals surface area contributed by atoms with Crippen LogP contribution in [0.5, 0.6) is 0 Å². The minimum absolute atomic E-state index is 0.0930. The van der Waals surface area contributed by atoms with E-state index in [-0.39, 0.29) is 11.9 Å². The number of benzene rings is 1. The first-order chi connectivity index (χ1) is 10.2. The third-order valence-electron chi connectivity index (χ3n) is 5.24. The van der Waals surface area contributed by atoms with Gasteiger partial charge in [-0.05, 0) is 50.3 Å². The number of nitrogens with zero attached hydrogens (tertiary/aromatic N) is 1. The van der Waals surface area contributed by atoms with Crippen LogP contribution in [0.3, 0.4) is 0 Å². The zero-order valence-corrected chi connectivity index (χ0v) is 13.2. The van der Waals surface area contributed by atoms with Crippen LogP contribution in [0.1, 0.15) is 50.1 Å². The van der Waals surface area contributed by atoms with Crippen molar-refractivity contribution in [3.63, 3.8) is 0 Å². The fourth-order valence-electron chi connectivity index (χ4n) is 4.30. The number of fused-ring (bicyclic) bond motifs is 1. The van der Waals surface area contributed by atoms with Gasteiger partial charge in [-0.1, -0.05) is 30.5 Å². The van der Waals surface area contributed by atoms with Crippen LogP contribution >= 0.6 is 11.6 Å². The van der Waals surface area contributed by atoms with Gasteiger partial charge in [0.25, 0.3) is 0 Å². The third kappa shape index (κ3) is 2.96. The lowest BCUT2D eigenvalue weighted by Gasteiger charge is -2.47. The van der Waals surface area contributed by atoms with Gasteiger partial charge in [0.1, 0.15) is 5.82 Å². The minimum Gasteiger partial charge on any atom is -0.329 e. The van der Waals surface area contributed by atoms with E-state index >= 15 is 0 Å². The maximum atomic E-state index is 14.3. The van der Waals surface area contributed by atoms with E-state index in [1.54, 1.807) is 12.1 Å². The summed E-state index contributed by atoms with van der Waals surface area (Å²) in [4.78, 5) is 2.44. The van der Waals surface area contributed by atoms with E-state index < -0.39 is 0 Å². The molecule has 0 bridgehead atoms.